The van der Waals surface area contributed by atoms with E-state index < -0.39 is 0 Å². The normalized spacial score (nSPS) is 17.4. The van der Waals surface area contributed by atoms with Crippen LogP contribution >= 0.6 is 11.3 Å². The van der Waals surface area contributed by atoms with E-state index in [0.29, 0.717) is 6.10 Å². The van der Waals surface area contributed by atoms with Gasteiger partial charge in [0.15, 0.2) is 0 Å². The molecule has 1 aromatic heterocycles. The molecule has 2 heterocycles. The van der Waals surface area contributed by atoms with E-state index >= 15 is 0 Å². The lowest BCUT2D eigenvalue weighted by Crippen LogP contribution is -2.32. The zero-order valence-corrected chi connectivity index (χ0v) is 11.0. The third kappa shape index (κ3) is 5.12. The Kier molecular flexibility index (Phi) is 5.92. The fourth-order valence-electron chi connectivity index (χ4n) is 1.95. The van der Waals surface area contributed by atoms with Crippen LogP contribution in [0.3, 0.4) is 0 Å². The van der Waals surface area contributed by atoms with Crippen LogP contribution in [0.1, 0.15) is 25.0 Å². The standard InChI is InChI=1S/C12H21N3OS/c1(4-14-8-11-9-17-10-15-11)7-16-12-2-5-13-6-3-12/h9-10,12-14H,1-8H2. The molecule has 1 fully saturated rings. The van der Waals surface area contributed by atoms with Crippen LogP contribution in [0.25, 0.3) is 0 Å². The van der Waals surface area contributed by atoms with Crippen molar-refractivity contribution in [1.82, 2.24) is 15.6 Å². The van der Waals surface area contributed by atoms with E-state index in [1.54, 1.807) is 11.3 Å². The van der Waals surface area contributed by atoms with E-state index in [4.69, 9.17) is 4.74 Å². The molecule has 17 heavy (non-hydrogen) atoms. The summed E-state index contributed by atoms with van der Waals surface area (Å²) in [5, 5.41) is 8.80. The van der Waals surface area contributed by atoms with E-state index in [1.165, 1.54) is 0 Å². The Balaban J connectivity index is 1.43. The highest BCUT2D eigenvalue weighted by Crippen LogP contribution is 2.07. The molecule has 4 nitrogen and oxygen atoms in total. The number of hydrogen-bond acceptors (Lipinski definition) is 5. The van der Waals surface area contributed by atoms with Crippen LogP contribution in [0, 0.1) is 0 Å². The molecule has 0 saturated carbocycles. The molecule has 2 N–H and O–H groups in total. The third-order valence-electron chi connectivity index (χ3n) is 2.93. The van der Waals surface area contributed by atoms with Gasteiger partial charge in [0.2, 0.25) is 0 Å². The fraction of sp³-hybridized carbons (Fsp3) is 0.750. The lowest BCUT2D eigenvalue weighted by molar-refractivity contribution is 0.0317. The molecule has 2 rings (SSSR count). The molecule has 1 saturated heterocycles. The summed E-state index contributed by atoms with van der Waals surface area (Å²) in [5.41, 5.74) is 3.01. The van der Waals surface area contributed by atoms with Crippen molar-refractivity contribution in [3.8, 4) is 0 Å². The Morgan fingerprint density at radius 2 is 2.35 bits per heavy atom. The highest BCUT2D eigenvalue weighted by Gasteiger charge is 2.12. The van der Waals surface area contributed by atoms with Gasteiger partial charge in [-0.3, -0.25) is 0 Å². The number of aromatic nitrogens is 1. The minimum atomic E-state index is 0.481. The Labute approximate surface area is 107 Å². The largest absolute Gasteiger partial charge is 0.378 e. The van der Waals surface area contributed by atoms with Crippen molar-refractivity contribution in [2.75, 3.05) is 26.2 Å². The van der Waals surface area contributed by atoms with E-state index in [-0.39, 0.29) is 0 Å². The number of hydrogen-bond donors (Lipinski definition) is 2. The summed E-state index contributed by atoms with van der Waals surface area (Å²) < 4.78 is 5.83. The van der Waals surface area contributed by atoms with E-state index in [1.807, 2.05) is 5.51 Å². The lowest BCUT2D eigenvalue weighted by Gasteiger charge is -2.22. The highest BCUT2D eigenvalue weighted by atomic mass is 32.1. The van der Waals surface area contributed by atoms with Crippen LogP contribution in [-0.2, 0) is 11.3 Å². The molecular weight excluding hydrogens is 234 g/mol. The first-order valence-electron chi connectivity index (χ1n) is 6.35. The maximum absolute atomic E-state index is 5.83. The van der Waals surface area contributed by atoms with Crippen molar-refractivity contribution in [3.05, 3.63) is 16.6 Å². The first-order valence-corrected chi connectivity index (χ1v) is 7.29. The molecule has 0 unspecified atom stereocenters. The van der Waals surface area contributed by atoms with E-state index in [0.717, 1.165) is 57.7 Å². The third-order valence-corrected chi connectivity index (χ3v) is 3.56. The van der Waals surface area contributed by atoms with Gasteiger partial charge in [0, 0.05) is 18.5 Å². The van der Waals surface area contributed by atoms with Crippen LogP contribution in [0.5, 0.6) is 0 Å². The molecule has 1 aliphatic heterocycles. The summed E-state index contributed by atoms with van der Waals surface area (Å²) in [6.45, 7) is 4.95. The number of ether oxygens (including phenoxy) is 1. The first-order chi connectivity index (χ1) is 8.45. The number of nitrogens with zero attached hydrogens (tertiary/aromatic N) is 1. The van der Waals surface area contributed by atoms with Gasteiger partial charge < -0.3 is 15.4 Å². The summed E-state index contributed by atoms with van der Waals surface area (Å²) in [6.07, 6.45) is 3.88. The zero-order valence-electron chi connectivity index (χ0n) is 10.2. The molecule has 0 aromatic carbocycles. The Hall–Kier alpha value is -0.490. The molecule has 5 heteroatoms. The average Bonchev–Trinajstić information content (AvgIpc) is 2.88. The smallest absolute Gasteiger partial charge is 0.0795 e. The van der Waals surface area contributed by atoms with Crippen LogP contribution < -0.4 is 10.6 Å². The zero-order chi connectivity index (χ0) is 11.8. The summed E-state index contributed by atoms with van der Waals surface area (Å²) in [5.74, 6) is 0. The molecule has 0 radical (unpaired) electrons. The molecule has 1 aromatic rings. The quantitative estimate of drug-likeness (QED) is 0.723. The van der Waals surface area contributed by atoms with Crippen LogP contribution in [0.15, 0.2) is 10.9 Å². The topological polar surface area (TPSA) is 46.2 Å². The number of piperidine rings is 1. The number of thiazole rings is 1. The van der Waals surface area contributed by atoms with Gasteiger partial charge in [-0.1, -0.05) is 0 Å². The Morgan fingerprint density at radius 3 is 3.12 bits per heavy atom. The Bertz CT molecular complexity index is 286. The van der Waals surface area contributed by atoms with Gasteiger partial charge in [0.05, 0.1) is 17.3 Å². The molecule has 96 valence electrons. The Morgan fingerprint density at radius 1 is 1.47 bits per heavy atom. The summed E-state index contributed by atoms with van der Waals surface area (Å²) >= 11 is 1.64. The van der Waals surface area contributed by atoms with Crippen molar-refractivity contribution < 1.29 is 4.74 Å². The summed E-state index contributed by atoms with van der Waals surface area (Å²) in [4.78, 5) is 4.23. The number of rotatable bonds is 7. The summed E-state index contributed by atoms with van der Waals surface area (Å²) in [7, 11) is 0. The van der Waals surface area contributed by atoms with Crippen molar-refractivity contribution in [1.29, 1.82) is 0 Å². The molecule has 0 bridgehead atoms. The van der Waals surface area contributed by atoms with Crippen LogP contribution in [0.2, 0.25) is 0 Å². The van der Waals surface area contributed by atoms with Gasteiger partial charge in [-0.2, -0.15) is 0 Å². The second kappa shape index (κ2) is 7.76. The van der Waals surface area contributed by atoms with Crippen molar-refractivity contribution in [3.63, 3.8) is 0 Å². The predicted molar refractivity (Wildman–Crippen MR) is 70.3 cm³/mol. The minimum absolute atomic E-state index is 0.481. The molecule has 0 spiro atoms. The van der Waals surface area contributed by atoms with Crippen molar-refractivity contribution >= 4 is 11.3 Å². The second-order valence-corrected chi connectivity index (χ2v) is 5.05. The monoisotopic (exact) mass is 255 g/mol. The average molecular weight is 255 g/mol. The first kappa shape index (κ1) is 13.0. The van der Waals surface area contributed by atoms with Crippen LogP contribution in [0.4, 0.5) is 0 Å². The van der Waals surface area contributed by atoms with Gasteiger partial charge >= 0.3 is 0 Å². The second-order valence-electron chi connectivity index (χ2n) is 4.33. The molecule has 1 aliphatic rings. The maximum atomic E-state index is 5.83. The maximum Gasteiger partial charge on any atom is 0.0795 e. The van der Waals surface area contributed by atoms with Gasteiger partial charge in [-0.05, 0) is 38.9 Å². The van der Waals surface area contributed by atoms with E-state index in [9.17, 15) is 0 Å². The van der Waals surface area contributed by atoms with Gasteiger partial charge in [-0.15, -0.1) is 11.3 Å². The molecule has 0 aliphatic carbocycles. The van der Waals surface area contributed by atoms with Crippen LogP contribution in [-0.4, -0.2) is 37.3 Å². The molecular formula is C12H21N3OS. The summed E-state index contributed by atoms with van der Waals surface area (Å²) in [6, 6.07) is 0. The fourth-order valence-corrected chi connectivity index (χ4v) is 2.51. The number of nitrogens with one attached hydrogen (secondary N) is 2. The van der Waals surface area contributed by atoms with Gasteiger partial charge in [0.1, 0.15) is 0 Å². The SMILES string of the molecule is c1nc(CNCCCOC2CCNCC2)cs1. The van der Waals surface area contributed by atoms with E-state index in [2.05, 4.69) is 21.0 Å². The lowest BCUT2D eigenvalue weighted by atomic mass is 10.1. The van der Waals surface area contributed by atoms with Crippen molar-refractivity contribution in [2.45, 2.75) is 31.9 Å². The minimum Gasteiger partial charge on any atom is -0.378 e. The highest BCUT2D eigenvalue weighted by molar-refractivity contribution is 7.07. The van der Waals surface area contributed by atoms with Gasteiger partial charge in [0.25, 0.3) is 0 Å². The van der Waals surface area contributed by atoms with Crippen molar-refractivity contribution in [2.24, 2.45) is 0 Å². The molecule has 0 amide bonds. The predicted octanol–water partition coefficient (Wildman–Crippen LogP) is 1.39. The molecule has 0 atom stereocenters. The van der Waals surface area contributed by atoms with Gasteiger partial charge in [-0.25, -0.2) is 4.98 Å².